The number of hydrogen-bond acceptors (Lipinski definition) is 5. The SMILES string of the molecule is N/C(=N/O)C1(C(=O)Nc2ccc3c(c2)OCCCO3)CC1. The van der Waals surface area contributed by atoms with Gasteiger partial charge in [-0.3, -0.25) is 4.79 Å². The topological polar surface area (TPSA) is 106 Å². The molecule has 0 saturated heterocycles. The van der Waals surface area contributed by atoms with Crippen LogP contribution in [0.3, 0.4) is 0 Å². The van der Waals surface area contributed by atoms with E-state index in [0.717, 1.165) is 6.42 Å². The monoisotopic (exact) mass is 291 g/mol. The zero-order chi connectivity index (χ0) is 14.9. The van der Waals surface area contributed by atoms with Crippen molar-refractivity contribution in [2.75, 3.05) is 18.5 Å². The van der Waals surface area contributed by atoms with Crippen molar-refractivity contribution in [1.82, 2.24) is 0 Å². The number of nitrogens with two attached hydrogens (primary N) is 1. The standard InChI is InChI=1S/C14H17N3O4/c15-12(17-19)14(4-5-14)13(18)16-9-2-3-10-11(8-9)21-7-1-6-20-10/h2-3,8,19H,1,4-7H2,(H2,15,17)(H,16,18). The number of nitrogens with zero attached hydrogens (tertiary/aromatic N) is 1. The summed E-state index contributed by atoms with van der Waals surface area (Å²) < 4.78 is 11.1. The summed E-state index contributed by atoms with van der Waals surface area (Å²) in [6.45, 7) is 1.20. The molecule has 1 aliphatic carbocycles. The molecule has 0 aromatic heterocycles. The molecule has 7 heteroatoms. The lowest BCUT2D eigenvalue weighted by molar-refractivity contribution is -0.119. The highest BCUT2D eigenvalue weighted by Gasteiger charge is 2.54. The number of oxime groups is 1. The predicted octanol–water partition coefficient (Wildman–Crippen LogP) is 1.31. The largest absolute Gasteiger partial charge is 0.490 e. The molecule has 1 fully saturated rings. The second-order valence-electron chi connectivity index (χ2n) is 5.23. The molecular formula is C14H17N3O4. The van der Waals surface area contributed by atoms with Crippen molar-refractivity contribution >= 4 is 17.4 Å². The van der Waals surface area contributed by atoms with E-state index < -0.39 is 5.41 Å². The molecule has 1 aliphatic heterocycles. The quantitative estimate of drug-likeness (QED) is 0.337. The van der Waals surface area contributed by atoms with Gasteiger partial charge in [-0.2, -0.15) is 0 Å². The number of carbonyl (C=O) groups excluding carboxylic acids is 1. The van der Waals surface area contributed by atoms with E-state index in [1.54, 1.807) is 18.2 Å². The van der Waals surface area contributed by atoms with Gasteiger partial charge in [-0.1, -0.05) is 5.16 Å². The number of carbonyl (C=O) groups is 1. The molecule has 7 nitrogen and oxygen atoms in total. The van der Waals surface area contributed by atoms with Gasteiger partial charge in [0, 0.05) is 18.2 Å². The van der Waals surface area contributed by atoms with E-state index >= 15 is 0 Å². The molecule has 1 heterocycles. The first kappa shape index (κ1) is 13.5. The molecule has 1 aromatic rings. The molecule has 0 atom stereocenters. The van der Waals surface area contributed by atoms with Gasteiger partial charge in [0.25, 0.3) is 0 Å². The minimum absolute atomic E-state index is 0.0469. The van der Waals surface area contributed by atoms with Crippen molar-refractivity contribution < 1.29 is 19.5 Å². The number of anilines is 1. The van der Waals surface area contributed by atoms with Gasteiger partial charge >= 0.3 is 0 Å². The summed E-state index contributed by atoms with van der Waals surface area (Å²) in [5, 5.41) is 14.5. The molecule has 112 valence electrons. The number of rotatable bonds is 3. The van der Waals surface area contributed by atoms with Gasteiger partial charge in [-0.15, -0.1) is 0 Å². The van der Waals surface area contributed by atoms with Gasteiger partial charge in [0.2, 0.25) is 5.91 Å². The van der Waals surface area contributed by atoms with Crippen LogP contribution in [0.25, 0.3) is 0 Å². The minimum Gasteiger partial charge on any atom is -0.490 e. The van der Waals surface area contributed by atoms with Crippen LogP contribution < -0.4 is 20.5 Å². The number of hydrogen-bond donors (Lipinski definition) is 3. The van der Waals surface area contributed by atoms with Crippen LogP contribution in [0.5, 0.6) is 11.5 Å². The van der Waals surface area contributed by atoms with E-state index in [9.17, 15) is 4.79 Å². The van der Waals surface area contributed by atoms with Gasteiger partial charge in [0.05, 0.1) is 13.2 Å². The third-order valence-corrected chi connectivity index (χ3v) is 3.79. The number of nitrogens with one attached hydrogen (secondary N) is 1. The van der Waals surface area contributed by atoms with Crippen molar-refractivity contribution in [3.63, 3.8) is 0 Å². The number of amidine groups is 1. The lowest BCUT2D eigenvalue weighted by Gasteiger charge is -2.15. The Kier molecular flexibility index (Phi) is 3.32. The molecular weight excluding hydrogens is 274 g/mol. The van der Waals surface area contributed by atoms with Crippen molar-refractivity contribution in [3.8, 4) is 11.5 Å². The van der Waals surface area contributed by atoms with Crippen LogP contribution in [0.15, 0.2) is 23.4 Å². The van der Waals surface area contributed by atoms with E-state index in [4.69, 9.17) is 20.4 Å². The zero-order valence-corrected chi connectivity index (χ0v) is 11.5. The lowest BCUT2D eigenvalue weighted by Crippen LogP contribution is -2.36. The highest BCUT2D eigenvalue weighted by Crippen LogP contribution is 2.47. The van der Waals surface area contributed by atoms with Crippen molar-refractivity contribution in [2.45, 2.75) is 19.3 Å². The minimum atomic E-state index is -0.876. The molecule has 1 amide bonds. The molecule has 0 bridgehead atoms. The average molecular weight is 291 g/mol. The van der Waals surface area contributed by atoms with Crippen LogP contribution >= 0.6 is 0 Å². The fourth-order valence-corrected chi connectivity index (χ4v) is 2.31. The Bertz CT molecular complexity index is 596. The van der Waals surface area contributed by atoms with E-state index in [2.05, 4.69) is 10.5 Å². The van der Waals surface area contributed by atoms with Crippen LogP contribution in [-0.4, -0.2) is 30.2 Å². The number of benzene rings is 1. The highest BCUT2D eigenvalue weighted by molar-refractivity contribution is 6.14. The molecule has 3 rings (SSSR count). The Morgan fingerprint density at radius 1 is 1.29 bits per heavy atom. The smallest absolute Gasteiger partial charge is 0.238 e. The molecule has 1 aromatic carbocycles. The van der Waals surface area contributed by atoms with Gasteiger partial charge in [0.1, 0.15) is 5.41 Å². The highest BCUT2D eigenvalue weighted by atomic mass is 16.5. The first-order chi connectivity index (χ1) is 10.2. The first-order valence-electron chi connectivity index (χ1n) is 6.85. The Morgan fingerprint density at radius 2 is 2.00 bits per heavy atom. The summed E-state index contributed by atoms with van der Waals surface area (Å²) >= 11 is 0. The molecule has 0 spiro atoms. The van der Waals surface area contributed by atoms with Gasteiger partial charge in [-0.25, -0.2) is 0 Å². The fourth-order valence-electron chi connectivity index (χ4n) is 2.31. The van der Waals surface area contributed by atoms with E-state index in [1.165, 1.54) is 0 Å². The van der Waals surface area contributed by atoms with Crippen molar-refractivity contribution in [3.05, 3.63) is 18.2 Å². The number of ether oxygens (including phenoxy) is 2. The van der Waals surface area contributed by atoms with Gasteiger partial charge < -0.3 is 25.7 Å². The molecule has 0 unspecified atom stereocenters. The maximum absolute atomic E-state index is 12.3. The third-order valence-electron chi connectivity index (χ3n) is 3.79. The van der Waals surface area contributed by atoms with Crippen molar-refractivity contribution in [2.24, 2.45) is 16.3 Å². The number of fused-ring (bicyclic) bond motifs is 1. The van der Waals surface area contributed by atoms with Gasteiger partial charge in [0.15, 0.2) is 17.3 Å². The summed E-state index contributed by atoms with van der Waals surface area (Å²) in [6, 6.07) is 5.23. The molecule has 4 N–H and O–H groups in total. The van der Waals surface area contributed by atoms with Crippen LogP contribution in [0.2, 0.25) is 0 Å². The summed E-state index contributed by atoms with van der Waals surface area (Å²) in [5.74, 6) is 0.962. The summed E-state index contributed by atoms with van der Waals surface area (Å²) in [7, 11) is 0. The predicted molar refractivity (Wildman–Crippen MR) is 75.8 cm³/mol. The molecule has 1 saturated carbocycles. The van der Waals surface area contributed by atoms with Gasteiger partial charge in [-0.05, 0) is 25.0 Å². The first-order valence-corrected chi connectivity index (χ1v) is 6.85. The Balaban J connectivity index is 1.77. The summed E-state index contributed by atoms with van der Waals surface area (Å²) in [5.41, 5.74) is 5.32. The second-order valence-corrected chi connectivity index (χ2v) is 5.23. The molecule has 21 heavy (non-hydrogen) atoms. The Labute approximate surface area is 121 Å². The average Bonchev–Trinajstić information content (AvgIpc) is 3.30. The molecule has 2 aliphatic rings. The van der Waals surface area contributed by atoms with E-state index in [-0.39, 0.29) is 11.7 Å². The maximum atomic E-state index is 12.3. The van der Waals surface area contributed by atoms with Crippen LogP contribution in [0.1, 0.15) is 19.3 Å². The zero-order valence-electron chi connectivity index (χ0n) is 11.5. The summed E-state index contributed by atoms with van der Waals surface area (Å²) in [6.07, 6.45) is 1.99. The van der Waals surface area contributed by atoms with E-state index in [0.29, 0.717) is 43.2 Å². The third kappa shape index (κ3) is 2.46. The van der Waals surface area contributed by atoms with Crippen LogP contribution in [0.4, 0.5) is 5.69 Å². The number of amides is 1. The Morgan fingerprint density at radius 3 is 2.67 bits per heavy atom. The normalized spacial score (nSPS) is 19.5. The summed E-state index contributed by atoms with van der Waals surface area (Å²) in [4.78, 5) is 12.3. The van der Waals surface area contributed by atoms with Crippen molar-refractivity contribution in [1.29, 1.82) is 0 Å². The van der Waals surface area contributed by atoms with E-state index in [1.807, 2.05) is 0 Å². The van der Waals surface area contributed by atoms with Crippen LogP contribution in [0, 0.1) is 5.41 Å². The second kappa shape index (κ2) is 5.16. The fraction of sp³-hybridized carbons (Fsp3) is 0.429. The van der Waals surface area contributed by atoms with Crippen LogP contribution in [-0.2, 0) is 4.79 Å². The molecule has 0 radical (unpaired) electrons. The Hall–Kier alpha value is -2.44. The lowest BCUT2D eigenvalue weighted by atomic mass is 10.1. The maximum Gasteiger partial charge on any atom is 0.238 e.